The van der Waals surface area contributed by atoms with Crippen LogP contribution in [-0.4, -0.2) is 43.5 Å². The molecule has 1 amide bonds. The third-order valence-electron chi connectivity index (χ3n) is 3.57. The number of aromatic nitrogens is 1. The van der Waals surface area contributed by atoms with Crippen LogP contribution in [0.3, 0.4) is 0 Å². The van der Waals surface area contributed by atoms with Gasteiger partial charge in [0.25, 0.3) is 0 Å². The molecule has 0 atom stereocenters. The maximum absolute atomic E-state index is 12.2. The molecule has 10 heteroatoms. The predicted molar refractivity (Wildman–Crippen MR) is 111 cm³/mol. The molecule has 0 saturated heterocycles. The molecule has 0 aliphatic heterocycles. The second kappa shape index (κ2) is 8.15. The number of sulfonamides is 1. The number of thiazole rings is 1. The summed E-state index contributed by atoms with van der Waals surface area (Å²) in [6.45, 7) is 0. The van der Waals surface area contributed by atoms with Crippen LogP contribution < -0.4 is 5.32 Å². The van der Waals surface area contributed by atoms with E-state index in [0.717, 1.165) is 9.20 Å². The molecule has 0 radical (unpaired) electrons. The highest BCUT2D eigenvalue weighted by Gasteiger charge is 2.18. The minimum atomic E-state index is -3.51. The highest BCUT2D eigenvalue weighted by atomic mass is 35.5. The number of carbonyl (C=O) groups excluding carboxylic acids is 1. The normalized spacial score (nSPS) is 11.9. The van der Waals surface area contributed by atoms with Crippen molar-refractivity contribution in [3.05, 3.63) is 47.5 Å². The highest BCUT2D eigenvalue weighted by molar-refractivity contribution is 8.00. The van der Waals surface area contributed by atoms with E-state index in [9.17, 15) is 13.2 Å². The van der Waals surface area contributed by atoms with Gasteiger partial charge in [0.05, 0.1) is 20.9 Å². The lowest BCUT2D eigenvalue weighted by molar-refractivity contribution is -0.113. The number of halogens is 1. The van der Waals surface area contributed by atoms with Crippen molar-refractivity contribution in [1.82, 2.24) is 9.29 Å². The van der Waals surface area contributed by atoms with E-state index in [1.165, 1.54) is 43.3 Å². The summed E-state index contributed by atoms with van der Waals surface area (Å²) in [5.41, 5.74) is 0.637. The third kappa shape index (κ3) is 4.80. The Morgan fingerprint density at radius 3 is 2.59 bits per heavy atom. The van der Waals surface area contributed by atoms with Crippen LogP contribution in [0.5, 0.6) is 0 Å². The van der Waals surface area contributed by atoms with Crippen molar-refractivity contribution in [2.24, 2.45) is 0 Å². The van der Waals surface area contributed by atoms with E-state index < -0.39 is 10.0 Å². The Kier molecular flexibility index (Phi) is 6.07. The molecular weight excluding hydrogens is 426 g/mol. The van der Waals surface area contributed by atoms with Crippen molar-refractivity contribution in [3.63, 3.8) is 0 Å². The van der Waals surface area contributed by atoms with Gasteiger partial charge in [-0.05, 0) is 42.5 Å². The fraction of sp³-hybridized carbons (Fsp3) is 0.176. The summed E-state index contributed by atoms with van der Waals surface area (Å²) in [4.78, 5) is 17.6. The first-order valence-corrected chi connectivity index (χ1v) is 11.4. The van der Waals surface area contributed by atoms with Crippen molar-refractivity contribution in [3.8, 4) is 0 Å². The largest absolute Gasteiger partial charge is 0.301 e. The number of benzene rings is 2. The molecule has 6 nitrogen and oxygen atoms in total. The van der Waals surface area contributed by atoms with Gasteiger partial charge in [-0.2, -0.15) is 0 Å². The molecule has 2 aromatic carbocycles. The van der Waals surface area contributed by atoms with Crippen LogP contribution in [0.2, 0.25) is 5.02 Å². The molecule has 142 valence electrons. The fourth-order valence-electron chi connectivity index (χ4n) is 2.16. The zero-order valence-corrected chi connectivity index (χ0v) is 17.7. The number of amides is 1. The van der Waals surface area contributed by atoms with Gasteiger partial charge in [0.1, 0.15) is 0 Å². The van der Waals surface area contributed by atoms with Gasteiger partial charge < -0.3 is 5.32 Å². The number of nitrogens with zero attached hydrogens (tertiary/aromatic N) is 2. The summed E-state index contributed by atoms with van der Waals surface area (Å²) < 4.78 is 26.3. The smallest absolute Gasteiger partial charge is 0.242 e. The monoisotopic (exact) mass is 441 g/mol. The van der Waals surface area contributed by atoms with Gasteiger partial charge in [-0.25, -0.2) is 17.7 Å². The first-order valence-electron chi connectivity index (χ1n) is 7.77. The Balaban J connectivity index is 1.70. The van der Waals surface area contributed by atoms with Gasteiger partial charge in [-0.1, -0.05) is 22.9 Å². The summed E-state index contributed by atoms with van der Waals surface area (Å²) >= 11 is 8.47. The van der Waals surface area contributed by atoms with Crippen LogP contribution in [0.25, 0.3) is 10.2 Å². The molecular formula is C17H16ClN3O3S3. The van der Waals surface area contributed by atoms with Crippen LogP contribution in [0.4, 0.5) is 5.13 Å². The minimum absolute atomic E-state index is 0.185. The third-order valence-corrected chi connectivity index (χ3v) is 7.58. The number of anilines is 1. The Morgan fingerprint density at radius 2 is 1.93 bits per heavy atom. The van der Waals surface area contributed by atoms with Crippen LogP contribution in [0, 0.1) is 0 Å². The van der Waals surface area contributed by atoms with E-state index >= 15 is 0 Å². The van der Waals surface area contributed by atoms with Gasteiger partial charge in [0.2, 0.25) is 15.9 Å². The average molecular weight is 442 g/mol. The average Bonchev–Trinajstić information content (AvgIpc) is 3.02. The lowest BCUT2D eigenvalue weighted by Crippen LogP contribution is -2.22. The summed E-state index contributed by atoms with van der Waals surface area (Å²) in [7, 11) is -0.548. The summed E-state index contributed by atoms with van der Waals surface area (Å²) in [5.74, 6) is 0.0489. The zero-order chi connectivity index (χ0) is 19.6. The molecule has 1 aromatic heterocycles. The van der Waals surface area contributed by atoms with Crippen molar-refractivity contribution < 1.29 is 13.2 Å². The number of hydrogen-bond acceptors (Lipinski definition) is 6. The maximum Gasteiger partial charge on any atom is 0.242 e. The van der Waals surface area contributed by atoms with Crippen molar-refractivity contribution >= 4 is 66.0 Å². The van der Waals surface area contributed by atoms with Gasteiger partial charge in [0.15, 0.2) is 5.13 Å². The topological polar surface area (TPSA) is 79.4 Å². The van der Waals surface area contributed by atoms with Gasteiger partial charge in [-0.3, -0.25) is 4.79 Å². The molecule has 3 rings (SSSR count). The Bertz CT molecular complexity index is 1080. The summed E-state index contributed by atoms with van der Waals surface area (Å²) in [6.07, 6.45) is 0. The maximum atomic E-state index is 12.2. The lowest BCUT2D eigenvalue weighted by atomic mass is 10.3. The number of nitrogens with one attached hydrogen (secondary N) is 1. The second-order valence-electron chi connectivity index (χ2n) is 5.73. The van der Waals surface area contributed by atoms with E-state index in [2.05, 4.69) is 10.3 Å². The molecule has 1 heterocycles. The second-order valence-corrected chi connectivity index (χ2v) is 10.4. The van der Waals surface area contributed by atoms with E-state index in [1.54, 1.807) is 24.3 Å². The van der Waals surface area contributed by atoms with E-state index in [4.69, 9.17) is 11.6 Å². The number of hydrogen-bond donors (Lipinski definition) is 1. The number of rotatable bonds is 6. The molecule has 3 aromatic rings. The van der Waals surface area contributed by atoms with Gasteiger partial charge >= 0.3 is 0 Å². The van der Waals surface area contributed by atoms with E-state index in [1.807, 2.05) is 12.1 Å². The molecule has 0 aliphatic carbocycles. The molecule has 0 saturated carbocycles. The number of carbonyl (C=O) groups is 1. The predicted octanol–water partition coefficient (Wildman–Crippen LogP) is 3.93. The summed E-state index contributed by atoms with van der Waals surface area (Å²) in [6, 6.07) is 12.0. The molecule has 0 aliphatic rings. The summed E-state index contributed by atoms with van der Waals surface area (Å²) in [5, 5.41) is 3.84. The van der Waals surface area contributed by atoms with Crippen molar-refractivity contribution in [2.45, 2.75) is 9.79 Å². The molecule has 1 N–H and O–H groups in total. The minimum Gasteiger partial charge on any atom is -0.301 e. The number of fused-ring (bicyclic) bond motifs is 1. The Hall–Kier alpha value is -1.65. The standard InChI is InChI=1S/C17H16ClN3O3S3/c1-21(2)27(23,24)13-7-8-14-15(9-13)26-17(19-14)20-16(22)10-25-12-5-3-11(18)4-6-12/h3-9H,10H2,1-2H3,(H,19,20,22). The van der Waals surface area contributed by atoms with Gasteiger partial charge in [-0.15, -0.1) is 11.8 Å². The zero-order valence-electron chi connectivity index (χ0n) is 14.5. The molecule has 0 fully saturated rings. The molecule has 0 bridgehead atoms. The number of thioether (sulfide) groups is 1. The highest BCUT2D eigenvalue weighted by Crippen LogP contribution is 2.29. The lowest BCUT2D eigenvalue weighted by Gasteiger charge is -2.10. The van der Waals surface area contributed by atoms with Crippen molar-refractivity contribution in [2.75, 3.05) is 25.2 Å². The SMILES string of the molecule is CN(C)S(=O)(=O)c1ccc2nc(NC(=O)CSc3ccc(Cl)cc3)sc2c1. The van der Waals surface area contributed by atoms with E-state index in [-0.39, 0.29) is 16.6 Å². The first-order chi connectivity index (χ1) is 12.8. The Morgan fingerprint density at radius 1 is 1.22 bits per heavy atom. The van der Waals surface area contributed by atoms with E-state index in [0.29, 0.717) is 20.4 Å². The van der Waals surface area contributed by atoms with Crippen LogP contribution >= 0.6 is 34.7 Å². The van der Waals surface area contributed by atoms with Crippen LogP contribution in [-0.2, 0) is 14.8 Å². The van der Waals surface area contributed by atoms with Crippen LogP contribution in [0.1, 0.15) is 0 Å². The van der Waals surface area contributed by atoms with Gasteiger partial charge in [0, 0.05) is 24.0 Å². The molecule has 0 unspecified atom stereocenters. The van der Waals surface area contributed by atoms with Crippen LogP contribution in [0.15, 0.2) is 52.3 Å². The molecule has 0 spiro atoms. The fourth-order valence-corrected chi connectivity index (χ4v) is 4.91. The Labute approximate surface area is 170 Å². The molecule has 27 heavy (non-hydrogen) atoms. The first kappa shape index (κ1) is 20.1. The van der Waals surface area contributed by atoms with Crippen molar-refractivity contribution in [1.29, 1.82) is 0 Å². The quantitative estimate of drug-likeness (QED) is 0.586.